The third kappa shape index (κ3) is 5.72. The van der Waals surface area contributed by atoms with Crippen molar-refractivity contribution >= 4 is 11.6 Å². The molecule has 0 saturated carbocycles. The standard InChI is InChI=1S/C14H23N3O2/c1-14(2,15)13(18)16-11-5-7-12(8-6-11)19-10-9-17(3)4/h5-8H,9-10,15H2,1-4H3,(H,16,18). The van der Waals surface area contributed by atoms with E-state index < -0.39 is 5.54 Å². The maximum absolute atomic E-state index is 11.7. The van der Waals surface area contributed by atoms with E-state index in [0.717, 1.165) is 12.3 Å². The lowest BCUT2D eigenvalue weighted by Gasteiger charge is -2.18. The van der Waals surface area contributed by atoms with Crippen LogP contribution in [-0.2, 0) is 4.79 Å². The number of benzene rings is 1. The molecule has 0 aliphatic heterocycles. The number of nitrogens with zero attached hydrogens (tertiary/aromatic N) is 1. The number of carbonyl (C=O) groups is 1. The first kappa shape index (κ1) is 15.5. The van der Waals surface area contributed by atoms with Crippen molar-refractivity contribution in [3.63, 3.8) is 0 Å². The van der Waals surface area contributed by atoms with Crippen LogP contribution in [0.1, 0.15) is 13.8 Å². The first-order valence-corrected chi connectivity index (χ1v) is 6.27. The summed E-state index contributed by atoms with van der Waals surface area (Å²) in [5, 5.41) is 2.76. The summed E-state index contributed by atoms with van der Waals surface area (Å²) in [6.07, 6.45) is 0. The molecule has 5 nitrogen and oxygen atoms in total. The van der Waals surface area contributed by atoms with Gasteiger partial charge in [-0.2, -0.15) is 0 Å². The summed E-state index contributed by atoms with van der Waals surface area (Å²) in [6.45, 7) is 4.83. The van der Waals surface area contributed by atoms with Gasteiger partial charge in [0.2, 0.25) is 5.91 Å². The fraction of sp³-hybridized carbons (Fsp3) is 0.500. The lowest BCUT2D eigenvalue weighted by atomic mass is 10.1. The summed E-state index contributed by atoms with van der Waals surface area (Å²) >= 11 is 0. The molecule has 1 aromatic rings. The molecule has 5 heteroatoms. The molecule has 0 spiro atoms. The van der Waals surface area contributed by atoms with Gasteiger partial charge >= 0.3 is 0 Å². The number of nitrogens with two attached hydrogens (primary N) is 1. The zero-order valence-electron chi connectivity index (χ0n) is 12.1. The highest BCUT2D eigenvalue weighted by molar-refractivity contribution is 5.97. The van der Waals surface area contributed by atoms with Gasteiger partial charge in [-0.1, -0.05) is 0 Å². The monoisotopic (exact) mass is 265 g/mol. The Bertz CT molecular complexity index is 408. The smallest absolute Gasteiger partial charge is 0.243 e. The molecule has 0 aliphatic carbocycles. The van der Waals surface area contributed by atoms with Crippen LogP contribution in [0.3, 0.4) is 0 Å². The molecule has 0 atom stereocenters. The lowest BCUT2D eigenvalue weighted by molar-refractivity contribution is -0.120. The van der Waals surface area contributed by atoms with E-state index in [0.29, 0.717) is 12.3 Å². The normalized spacial score (nSPS) is 11.5. The molecule has 0 saturated heterocycles. The number of hydrogen-bond acceptors (Lipinski definition) is 4. The molecule has 0 fully saturated rings. The molecule has 1 amide bonds. The van der Waals surface area contributed by atoms with Gasteiger partial charge < -0.3 is 20.7 Å². The molecular weight excluding hydrogens is 242 g/mol. The van der Waals surface area contributed by atoms with E-state index in [2.05, 4.69) is 10.2 Å². The fourth-order valence-electron chi connectivity index (χ4n) is 1.27. The molecule has 1 aromatic carbocycles. The van der Waals surface area contributed by atoms with Crippen molar-refractivity contribution in [3.8, 4) is 5.75 Å². The second-order valence-electron chi connectivity index (χ2n) is 5.35. The highest BCUT2D eigenvalue weighted by atomic mass is 16.5. The molecule has 0 radical (unpaired) electrons. The molecule has 0 unspecified atom stereocenters. The topological polar surface area (TPSA) is 67.6 Å². The highest BCUT2D eigenvalue weighted by Crippen LogP contribution is 2.16. The zero-order chi connectivity index (χ0) is 14.5. The SMILES string of the molecule is CN(C)CCOc1ccc(NC(=O)C(C)(C)N)cc1. The fourth-order valence-corrected chi connectivity index (χ4v) is 1.27. The van der Waals surface area contributed by atoms with Gasteiger partial charge in [-0.3, -0.25) is 4.79 Å². The number of anilines is 1. The number of amides is 1. The number of hydrogen-bond donors (Lipinski definition) is 2. The number of rotatable bonds is 6. The number of nitrogens with one attached hydrogen (secondary N) is 1. The third-order valence-corrected chi connectivity index (χ3v) is 2.50. The quantitative estimate of drug-likeness (QED) is 0.813. The van der Waals surface area contributed by atoms with Gasteiger partial charge in [0, 0.05) is 12.2 Å². The molecular formula is C14H23N3O2. The van der Waals surface area contributed by atoms with Crippen LogP contribution in [0.15, 0.2) is 24.3 Å². The van der Waals surface area contributed by atoms with Gasteiger partial charge in [-0.25, -0.2) is 0 Å². The van der Waals surface area contributed by atoms with Crippen molar-refractivity contribution in [3.05, 3.63) is 24.3 Å². The van der Waals surface area contributed by atoms with Crippen molar-refractivity contribution in [2.75, 3.05) is 32.6 Å². The molecule has 0 heterocycles. The lowest BCUT2D eigenvalue weighted by Crippen LogP contribution is -2.45. The van der Waals surface area contributed by atoms with Crippen molar-refractivity contribution in [2.24, 2.45) is 5.73 Å². The van der Waals surface area contributed by atoms with Crippen LogP contribution in [0.2, 0.25) is 0 Å². The van der Waals surface area contributed by atoms with E-state index in [4.69, 9.17) is 10.5 Å². The molecule has 106 valence electrons. The average Bonchev–Trinajstić information content (AvgIpc) is 2.29. The van der Waals surface area contributed by atoms with Crippen LogP contribution < -0.4 is 15.8 Å². The molecule has 0 bridgehead atoms. The van der Waals surface area contributed by atoms with Crippen LogP contribution >= 0.6 is 0 Å². The third-order valence-electron chi connectivity index (χ3n) is 2.50. The van der Waals surface area contributed by atoms with E-state index in [9.17, 15) is 4.79 Å². The highest BCUT2D eigenvalue weighted by Gasteiger charge is 2.21. The Morgan fingerprint density at radius 1 is 1.32 bits per heavy atom. The van der Waals surface area contributed by atoms with Crippen LogP contribution in [0.4, 0.5) is 5.69 Å². The minimum Gasteiger partial charge on any atom is -0.492 e. The number of likely N-dealkylation sites (N-methyl/N-ethyl adjacent to an activating group) is 1. The largest absolute Gasteiger partial charge is 0.492 e. The van der Waals surface area contributed by atoms with Gasteiger partial charge in [0.25, 0.3) is 0 Å². The summed E-state index contributed by atoms with van der Waals surface area (Å²) in [5.74, 6) is 0.570. The summed E-state index contributed by atoms with van der Waals surface area (Å²) in [4.78, 5) is 13.7. The number of carbonyl (C=O) groups excluding carboxylic acids is 1. The van der Waals surface area contributed by atoms with Crippen LogP contribution in [0.25, 0.3) is 0 Å². The van der Waals surface area contributed by atoms with Gasteiger partial charge in [0.15, 0.2) is 0 Å². The average molecular weight is 265 g/mol. The van der Waals surface area contributed by atoms with Crippen LogP contribution in [0, 0.1) is 0 Å². The summed E-state index contributed by atoms with van der Waals surface area (Å²) in [6, 6.07) is 7.26. The van der Waals surface area contributed by atoms with Crippen molar-refractivity contribution in [1.29, 1.82) is 0 Å². The van der Waals surface area contributed by atoms with E-state index in [1.807, 2.05) is 26.2 Å². The van der Waals surface area contributed by atoms with Crippen LogP contribution in [0.5, 0.6) is 5.75 Å². The van der Waals surface area contributed by atoms with Gasteiger partial charge in [-0.15, -0.1) is 0 Å². The van der Waals surface area contributed by atoms with E-state index >= 15 is 0 Å². The predicted molar refractivity (Wildman–Crippen MR) is 77.4 cm³/mol. The Morgan fingerprint density at radius 2 is 1.89 bits per heavy atom. The van der Waals surface area contributed by atoms with Crippen LogP contribution in [-0.4, -0.2) is 43.6 Å². The molecule has 0 aromatic heterocycles. The summed E-state index contributed by atoms with van der Waals surface area (Å²) < 4.78 is 5.56. The zero-order valence-corrected chi connectivity index (χ0v) is 12.1. The number of ether oxygens (including phenoxy) is 1. The van der Waals surface area contributed by atoms with Gasteiger partial charge in [-0.05, 0) is 52.2 Å². The van der Waals surface area contributed by atoms with Crippen molar-refractivity contribution in [2.45, 2.75) is 19.4 Å². The Kier molecular flexibility index (Phi) is 5.32. The Labute approximate surface area is 114 Å². The van der Waals surface area contributed by atoms with Crippen molar-refractivity contribution in [1.82, 2.24) is 4.90 Å². The minimum atomic E-state index is -0.888. The summed E-state index contributed by atoms with van der Waals surface area (Å²) in [7, 11) is 3.99. The van der Waals surface area contributed by atoms with E-state index in [1.165, 1.54) is 0 Å². The summed E-state index contributed by atoms with van der Waals surface area (Å²) in [5.41, 5.74) is 5.53. The van der Waals surface area contributed by atoms with Gasteiger partial charge in [0.05, 0.1) is 5.54 Å². The first-order valence-electron chi connectivity index (χ1n) is 6.27. The van der Waals surface area contributed by atoms with Gasteiger partial charge in [0.1, 0.15) is 12.4 Å². The van der Waals surface area contributed by atoms with E-state index in [-0.39, 0.29) is 5.91 Å². The first-order chi connectivity index (χ1) is 8.79. The second kappa shape index (κ2) is 6.54. The maximum atomic E-state index is 11.7. The Hall–Kier alpha value is -1.59. The molecule has 0 aliphatic rings. The Morgan fingerprint density at radius 3 is 2.37 bits per heavy atom. The predicted octanol–water partition coefficient (Wildman–Crippen LogP) is 1.30. The Balaban J connectivity index is 2.50. The maximum Gasteiger partial charge on any atom is 0.243 e. The second-order valence-corrected chi connectivity index (χ2v) is 5.35. The van der Waals surface area contributed by atoms with Crippen molar-refractivity contribution < 1.29 is 9.53 Å². The van der Waals surface area contributed by atoms with E-state index in [1.54, 1.807) is 26.0 Å². The molecule has 1 rings (SSSR count). The minimum absolute atomic E-state index is 0.214. The molecule has 19 heavy (non-hydrogen) atoms. The molecule has 3 N–H and O–H groups in total.